The van der Waals surface area contributed by atoms with Crippen LogP contribution in [0, 0.1) is 17.2 Å². The number of carbonyl (C=O) groups excluding carboxylic acids is 1. The summed E-state index contributed by atoms with van der Waals surface area (Å²) in [7, 11) is 0. The number of carboxylic acid groups (broad SMARTS) is 1. The van der Waals surface area contributed by atoms with Crippen molar-refractivity contribution in [2.45, 2.75) is 25.3 Å². The number of hydrogen-bond donors (Lipinski definition) is 2. The SMILES string of the molecule is N#Cc1ccc(C=CC(=O)NC2CCCC2C(=O)O)cc1. The lowest BCUT2D eigenvalue weighted by atomic mass is 10.0. The van der Waals surface area contributed by atoms with Gasteiger partial charge in [0, 0.05) is 12.1 Å². The van der Waals surface area contributed by atoms with Gasteiger partial charge in [0.1, 0.15) is 0 Å². The van der Waals surface area contributed by atoms with Gasteiger partial charge < -0.3 is 10.4 Å². The molecule has 1 aromatic carbocycles. The van der Waals surface area contributed by atoms with E-state index in [-0.39, 0.29) is 11.9 Å². The van der Waals surface area contributed by atoms with Crippen molar-refractivity contribution in [1.29, 1.82) is 5.26 Å². The fraction of sp³-hybridized carbons (Fsp3) is 0.312. The minimum absolute atomic E-state index is 0.291. The summed E-state index contributed by atoms with van der Waals surface area (Å²) in [5.74, 6) is -1.64. The third kappa shape index (κ3) is 3.93. The Labute approximate surface area is 122 Å². The molecule has 5 nitrogen and oxygen atoms in total. The van der Waals surface area contributed by atoms with Crippen LogP contribution in [0.15, 0.2) is 30.3 Å². The van der Waals surface area contributed by atoms with Crippen molar-refractivity contribution in [1.82, 2.24) is 5.32 Å². The topological polar surface area (TPSA) is 90.2 Å². The summed E-state index contributed by atoms with van der Waals surface area (Å²) in [6.07, 6.45) is 5.16. The van der Waals surface area contributed by atoms with Crippen molar-refractivity contribution in [3.05, 3.63) is 41.5 Å². The first-order valence-electron chi connectivity index (χ1n) is 6.81. The van der Waals surface area contributed by atoms with Gasteiger partial charge in [-0.3, -0.25) is 9.59 Å². The summed E-state index contributed by atoms with van der Waals surface area (Å²) >= 11 is 0. The van der Waals surface area contributed by atoms with E-state index in [1.165, 1.54) is 6.08 Å². The van der Waals surface area contributed by atoms with Gasteiger partial charge in [0.05, 0.1) is 17.6 Å². The first kappa shape index (κ1) is 14.8. The van der Waals surface area contributed by atoms with E-state index >= 15 is 0 Å². The molecule has 2 unspecified atom stereocenters. The molecule has 0 heterocycles. The van der Waals surface area contributed by atoms with Crippen molar-refractivity contribution >= 4 is 18.0 Å². The molecule has 0 spiro atoms. The highest BCUT2D eigenvalue weighted by atomic mass is 16.4. The van der Waals surface area contributed by atoms with Crippen LogP contribution in [0.2, 0.25) is 0 Å². The van der Waals surface area contributed by atoms with Crippen LogP contribution in [0.1, 0.15) is 30.4 Å². The second-order valence-electron chi connectivity index (χ2n) is 5.06. The van der Waals surface area contributed by atoms with Crippen LogP contribution in [0.5, 0.6) is 0 Å². The first-order chi connectivity index (χ1) is 10.1. The molecule has 0 radical (unpaired) electrons. The van der Waals surface area contributed by atoms with Crippen LogP contribution in [-0.4, -0.2) is 23.0 Å². The molecule has 2 N–H and O–H groups in total. The first-order valence-corrected chi connectivity index (χ1v) is 6.81. The Morgan fingerprint density at radius 3 is 2.62 bits per heavy atom. The second-order valence-corrected chi connectivity index (χ2v) is 5.06. The number of benzene rings is 1. The third-order valence-electron chi connectivity index (χ3n) is 3.63. The predicted molar refractivity (Wildman–Crippen MR) is 77.1 cm³/mol. The minimum Gasteiger partial charge on any atom is -0.481 e. The molecule has 1 aliphatic carbocycles. The maximum Gasteiger partial charge on any atom is 0.308 e. The number of nitrogens with one attached hydrogen (secondary N) is 1. The summed E-state index contributed by atoms with van der Waals surface area (Å²) in [5, 5.41) is 20.5. The Morgan fingerprint density at radius 2 is 2.00 bits per heavy atom. The Balaban J connectivity index is 1.93. The lowest BCUT2D eigenvalue weighted by molar-refractivity contribution is -0.142. The number of rotatable bonds is 4. The van der Waals surface area contributed by atoms with Crippen LogP contribution >= 0.6 is 0 Å². The summed E-state index contributed by atoms with van der Waals surface area (Å²) in [4.78, 5) is 22.9. The molecule has 1 amide bonds. The van der Waals surface area contributed by atoms with Crippen molar-refractivity contribution in [2.24, 2.45) is 5.92 Å². The molecule has 5 heteroatoms. The smallest absolute Gasteiger partial charge is 0.308 e. The number of aliphatic carboxylic acids is 1. The summed E-state index contributed by atoms with van der Waals surface area (Å²) in [6.45, 7) is 0. The molecule has 2 atom stereocenters. The van der Waals surface area contributed by atoms with Gasteiger partial charge in [-0.15, -0.1) is 0 Å². The monoisotopic (exact) mass is 284 g/mol. The van der Waals surface area contributed by atoms with Gasteiger partial charge in [0.25, 0.3) is 0 Å². The Morgan fingerprint density at radius 1 is 1.29 bits per heavy atom. The molecule has 2 rings (SSSR count). The molecule has 1 aromatic rings. The number of nitrogens with zero attached hydrogens (tertiary/aromatic N) is 1. The third-order valence-corrected chi connectivity index (χ3v) is 3.63. The molecular weight excluding hydrogens is 268 g/mol. The van der Waals surface area contributed by atoms with E-state index in [0.717, 1.165) is 12.0 Å². The van der Waals surface area contributed by atoms with Crippen LogP contribution in [0.4, 0.5) is 0 Å². The number of carbonyl (C=O) groups is 2. The van der Waals surface area contributed by atoms with Gasteiger partial charge in [-0.05, 0) is 36.6 Å². The Kier molecular flexibility index (Phi) is 4.72. The Hall–Kier alpha value is -2.61. The summed E-state index contributed by atoms with van der Waals surface area (Å²) in [5.41, 5.74) is 1.37. The van der Waals surface area contributed by atoms with Crippen molar-refractivity contribution in [2.75, 3.05) is 0 Å². The molecule has 0 aliphatic heterocycles. The fourth-order valence-electron chi connectivity index (χ4n) is 2.50. The molecule has 1 saturated carbocycles. The average molecular weight is 284 g/mol. The van der Waals surface area contributed by atoms with Crippen LogP contribution in [-0.2, 0) is 9.59 Å². The van der Waals surface area contributed by atoms with Crippen molar-refractivity contribution < 1.29 is 14.7 Å². The fourth-order valence-corrected chi connectivity index (χ4v) is 2.50. The van der Waals surface area contributed by atoms with E-state index in [9.17, 15) is 9.59 Å². The lowest BCUT2D eigenvalue weighted by Crippen LogP contribution is -2.39. The number of nitriles is 1. The van der Waals surface area contributed by atoms with E-state index < -0.39 is 11.9 Å². The molecule has 21 heavy (non-hydrogen) atoms. The molecule has 1 fully saturated rings. The summed E-state index contributed by atoms with van der Waals surface area (Å²) in [6, 6.07) is 8.58. The van der Waals surface area contributed by atoms with E-state index in [2.05, 4.69) is 5.32 Å². The van der Waals surface area contributed by atoms with Gasteiger partial charge >= 0.3 is 5.97 Å². The highest BCUT2D eigenvalue weighted by Gasteiger charge is 2.33. The average Bonchev–Trinajstić information content (AvgIpc) is 2.94. The Bertz CT molecular complexity index is 599. The summed E-state index contributed by atoms with van der Waals surface area (Å²) < 4.78 is 0. The second kappa shape index (κ2) is 6.71. The highest BCUT2D eigenvalue weighted by Crippen LogP contribution is 2.25. The van der Waals surface area contributed by atoms with E-state index in [0.29, 0.717) is 18.4 Å². The molecule has 108 valence electrons. The highest BCUT2D eigenvalue weighted by molar-refractivity contribution is 5.92. The van der Waals surface area contributed by atoms with Gasteiger partial charge in [0.2, 0.25) is 5.91 Å². The van der Waals surface area contributed by atoms with Crippen LogP contribution in [0.25, 0.3) is 6.08 Å². The van der Waals surface area contributed by atoms with Gasteiger partial charge in [0.15, 0.2) is 0 Å². The van der Waals surface area contributed by atoms with Crippen molar-refractivity contribution in [3.63, 3.8) is 0 Å². The standard InChI is InChI=1S/C16H16N2O3/c17-10-12-6-4-11(5-7-12)8-9-15(19)18-14-3-1-2-13(14)16(20)21/h4-9,13-14H,1-3H2,(H,18,19)(H,20,21). The zero-order chi connectivity index (χ0) is 15.2. The normalized spacial score (nSPS) is 21.1. The zero-order valence-corrected chi connectivity index (χ0v) is 11.5. The van der Waals surface area contributed by atoms with E-state index in [1.54, 1.807) is 30.3 Å². The van der Waals surface area contributed by atoms with Crippen molar-refractivity contribution in [3.8, 4) is 6.07 Å². The quantitative estimate of drug-likeness (QED) is 0.827. The largest absolute Gasteiger partial charge is 0.481 e. The molecule has 1 aliphatic rings. The van der Waals surface area contributed by atoms with Gasteiger partial charge in [-0.25, -0.2) is 0 Å². The van der Waals surface area contributed by atoms with E-state index in [1.807, 2.05) is 6.07 Å². The molecule has 0 saturated heterocycles. The number of hydrogen-bond acceptors (Lipinski definition) is 3. The predicted octanol–water partition coefficient (Wildman–Crippen LogP) is 1.94. The van der Waals surface area contributed by atoms with Gasteiger partial charge in [-0.2, -0.15) is 5.26 Å². The molecule has 0 aromatic heterocycles. The maximum atomic E-state index is 11.8. The minimum atomic E-state index is -0.853. The van der Waals surface area contributed by atoms with Crippen LogP contribution in [0.3, 0.4) is 0 Å². The lowest BCUT2D eigenvalue weighted by Gasteiger charge is -2.16. The maximum absolute atomic E-state index is 11.8. The zero-order valence-electron chi connectivity index (χ0n) is 11.5. The number of amides is 1. The molecular formula is C16H16N2O3. The van der Waals surface area contributed by atoms with E-state index in [4.69, 9.17) is 10.4 Å². The van der Waals surface area contributed by atoms with Crippen LogP contribution < -0.4 is 5.32 Å². The van der Waals surface area contributed by atoms with Gasteiger partial charge in [-0.1, -0.05) is 18.6 Å². The number of carboxylic acids is 1. The molecule has 0 bridgehead atoms.